The van der Waals surface area contributed by atoms with Gasteiger partial charge < -0.3 is 4.74 Å². The van der Waals surface area contributed by atoms with E-state index in [1.54, 1.807) is 31.2 Å². The predicted octanol–water partition coefficient (Wildman–Crippen LogP) is 3.20. The molecule has 0 amide bonds. The molecule has 0 fully saturated rings. The largest absolute Gasteiger partial charge is 0.461 e. The molecule has 2 rings (SSSR count). The number of hydrogen-bond acceptors (Lipinski definition) is 5. The molecule has 0 spiro atoms. The number of benzene rings is 1. The maximum Gasteiger partial charge on any atom is 0.358 e. The predicted molar refractivity (Wildman–Crippen MR) is 73.0 cm³/mol. The first-order valence-corrected chi connectivity index (χ1v) is 6.80. The van der Waals surface area contributed by atoms with Gasteiger partial charge in [0.1, 0.15) is 4.88 Å². The number of nitrogens with zero attached hydrogens (tertiary/aromatic N) is 1. The van der Waals surface area contributed by atoms with Gasteiger partial charge in [0.25, 0.3) is 0 Å². The fraction of sp³-hybridized carbons (Fsp3) is 0.154. The van der Waals surface area contributed by atoms with Crippen molar-refractivity contribution in [3.05, 3.63) is 50.9 Å². The molecular weight excluding hydrogens is 286 g/mol. The van der Waals surface area contributed by atoms with E-state index in [9.17, 15) is 9.59 Å². The van der Waals surface area contributed by atoms with Crippen molar-refractivity contribution in [2.45, 2.75) is 6.92 Å². The number of carbonyl (C=O) groups is 2. The van der Waals surface area contributed by atoms with Gasteiger partial charge in [0.2, 0.25) is 5.78 Å². The smallest absolute Gasteiger partial charge is 0.358 e. The lowest BCUT2D eigenvalue weighted by molar-refractivity contribution is 0.0517. The lowest BCUT2D eigenvalue weighted by Gasteiger charge is -2.02. The summed E-state index contributed by atoms with van der Waals surface area (Å²) in [5.41, 5.74) is 1.97. The highest BCUT2D eigenvalue weighted by atomic mass is 35.5. The van der Waals surface area contributed by atoms with Crippen molar-refractivity contribution >= 4 is 34.7 Å². The molecule has 1 heterocycles. The number of halogens is 1. The van der Waals surface area contributed by atoms with Crippen LogP contribution in [-0.2, 0) is 4.74 Å². The molecule has 0 radical (unpaired) electrons. The first-order valence-electron chi connectivity index (χ1n) is 5.54. The van der Waals surface area contributed by atoms with Gasteiger partial charge in [-0.2, -0.15) is 0 Å². The number of hydrogen-bond donors (Lipinski definition) is 0. The molecule has 4 nitrogen and oxygen atoms in total. The van der Waals surface area contributed by atoms with E-state index in [0.717, 1.165) is 11.3 Å². The molecule has 0 unspecified atom stereocenters. The number of aromatic nitrogens is 1. The van der Waals surface area contributed by atoms with Gasteiger partial charge >= 0.3 is 5.97 Å². The van der Waals surface area contributed by atoms with E-state index in [2.05, 4.69) is 4.98 Å². The van der Waals surface area contributed by atoms with Gasteiger partial charge in [0.05, 0.1) is 12.1 Å². The van der Waals surface area contributed by atoms with Crippen LogP contribution in [0.1, 0.15) is 32.6 Å². The summed E-state index contributed by atoms with van der Waals surface area (Å²) in [6, 6.07) is 6.47. The third-order valence-electron chi connectivity index (χ3n) is 2.35. The van der Waals surface area contributed by atoms with Gasteiger partial charge in [-0.3, -0.25) is 4.79 Å². The van der Waals surface area contributed by atoms with Crippen molar-refractivity contribution in [3.63, 3.8) is 0 Å². The summed E-state index contributed by atoms with van der Waals surface area (Å²) in [5.74, 6) is -0.844. The van der Waals surface area contributed by atoms with E-state index in [0.29, 0.717) is 10.6 Å². The van der Waals surface area contributed by atoms with E-state index in [-0.39, 0.29) is 23.0 Å². The normalized spacial score (nSPS) is 10.2. The van der Waals surface area contributed by atoms with E-state index in [4.69, 9.17) is 16.3 Å². The van der Waals surface area contributed by atoms with Gasteiger partial charge in [-0.15, -0.1) is 11.3 Å². The molecule has 2 aromatic rings. The van der Waals surface area contributed by atoms with Crippen molar-refractivity contribution < 1.29 is 14.3 Å². The van der Waals surface area contributed by atoms with Gasteiger partial charge in [-0.1, -0.05) is 11.6 Å². The van der Waals surface area contributed by atoms with Crippen molar-refractivity contribution in [3.8, 4) is 0 Å². The number of ketones is 1. The summed E-state index contributed by atoms with van der Waals surface area (Å²) < 4.78 is 4.86. The van der Waals surface area contributed by atoms with E-state index in [1.807, 2.05) is 0 Å². The topological polar surface area (TPSA) is 56.3 Å². The molecule has 0 aliphatic heterocycles. The Morgan fingerprint density at radius 3 is 2.63 bits per heavy atom. The lowest BCUT2D eigenvalue weighted by atomic mass is 10.1. The monoisotopic (exact) mass is 295 g/mol. The minimum atomic E-state index is -0.582. The SMILES string of the molecule is CCOC(=O)c1ncsc1C(=O)c1ccc(Cl)cc1. The third-order valence-corrected chi connectivity index (χ3v) is 3.43. The quantitative estimate of drug-likeness (QED) is 0.642. The minimum Gasteiger partial charge on any atom is -0.461 e. The molecule has 1 aromatic heterocycles. The van der Waals surface area contributed by atoms with Crippen LogP contribution >= 0.6 is 22.9 Å². The molecule has 0 aliphatic carbocycles. The third kappa shape index (κ3) is 3.00. The summed E-state index contributed by atoms with van der Waals surface area (Å²) in [7, 11) is 0. The second kappa shape index (κ2) is 5.95. The second-order valence-electron chi connectivity index (χ2n) is 3.59. The molecule has 0 bridgehead atoms. The maximum absolute atomic E-state index is 12.3. The van der Waals surface area contributed by atoms with Gasteiger partial charge in [0.15, 0.2) is 5.69 Å². The van der Waals surface area contributed by atoms with Gasteiger partial charge in [-0.05, 0) is 31.2 Å². The Morgan fingerprint density at radius 2 is 2.00 bits per heavy atom. The van der Waals surface area contributed by atoms with Crippen molar-refractivity contribution in [1.29, 1.82) is 0 Å². The van der Waals surface area contributed by atoms with Crippen LogP contribution in [0.2, 0.25) is 5.02 Å². The number of carbonyl (C=O) groups excluding carboxylic acids is 2. The Morgan fingerprint density at radius 1 is 1.32 bits per heavy atom. The average Bonchev–Trinajstić information content (AvgIpc) is 2.88. The van der Waals surface area contributed by atoms with Gasteiger partial charge in [-0.25, -0.2) is 9.78 Å². The van der Waals surface area contributed by atoms with Crippen molar-refractivity contribution in [2.24, 2.45) is 0 Å². The number of esters is 1. The van der Waals surface area contributed by atoms with Gasteiger partial charge in [0, 0.05) is 10.6 Å². The Kier molecular flexibility index (Phi) is 4.29. The highest BCUT2D eigenvalue weighted by Crippen LogP contribution is 2.20. The number of ether oxygens (including phenoxy) is 1. The molecule has 0 saturated heterocycles. The first kappa shape index (κ1) is 13.7. The van der Waals surface area contributed by atoms with Crippen LogP contribution in [0.4, 0.5) is 0 Å². The zero-order valence-electron chi connectivity index (χ0n) is 10.1. The van der Waals surface area contributed by atoms with E-state index >= 15 is 0 Å². The first-order chi connectivity index (χ1) is 9.13. The van der Waals surface area contributed by atoms with E-state index in [1.165, 1.54) is 5.51 Å². The number of rotatable bonds is 4. The molecule has 0 N–H and O–H groups in total. The zero-order valence-corrected chi connectivity index (χ0v) is 11.6. The lowest BCUT2D eigenvalue weighted by Crippen LogP contribution is -2.11. The Hall–Kier alpha value is -1.72. The van der Waals surface area contributed by atoms with Crippen molar-refractivity contribution in [1.82, 2.24) is 4.98 Å². The molecule has 1 aromatic carbocycles. The van der Waals surface area contributed by atoms with Crippen LogP contribution < -0.4 is 0 Å². The molecular formula is C13H10ClNO3S. The van der Waals surface area contributed by atoms with Crippen LogP contribution in [-0.4, -0.2) is 23.3 Å². The molecule has 0 aliphatic rings. The average molecular weight is 296 g/mol. The molecule has 0 atom stereocenters. The summed E-state index contributed by atoms with van der Waals surface area (Å²) in [6.07, 6.45) is 0. The second-order valence-corrected chi connectivity index (χ2v) is 4.88. The van der Waals surface area contributed by atoms with Crippen LogP contribution in [0.5, 0.6) is 0 Å². The Bertz CT molecular complexity index is 607. The molecule has 19 heavy (non-hydrogen) atoms. The Labute approximate surface area is 119 Å². The highest BCUT2D eigenvalue weighted by molar-refractivity contribution is 7.12. The fourth-order valence-electron chi connectivity index (χ4n) is 1.48. The zero-order chi connectivity index (χ0) is 13.8. The summed E-state index contributed by atoms with van der Waals surface area (Å²) in [5, 5.41) is 0.548. The molecule has 98 valence electrons. The highest BCUT2D eigenvalue weighted by Gasteiger charge is 2.22. The fourth-order valence-corrected chi connectivity index (χ4v) is 2.35. The standard InChI is InChI=1S/C13H10ClNO3S/c1-2-18-13(17)10-12(19-7-15-10)11(16)8-3-5-9(14)6-4-8/h3-7H,2H2,1H3. The number of thiazole rings is 1. The van der Waals surface area contributed by atoms with Crippen LogP contribution in [0.15, 0.2) is 29.8 Å². The van der Waals surface area contributed by atoms with Crippen LogP contribution in [0.25, 0.3) is 0 Å². The minimum absolute atomic E-state index is 0.0619. The van der Waals surface area contributed by atoms with Crippen LogP contribution in [0.3, 0.4) is 0 Å². The Balaban J connectivity index is 2.32. The summed E-state index contributed by atoms with van der Waals surface area (Å²) in [6.45, 7) is 1.94. The van der Waals surface area contributed by atoms with Crippen LogP contribution in [0, 0.1) is 0 Å². The van der Waals surface area contributed by atoms with E-state index < -0.39 is 5.97 Å². The summed E-state index contributed by atoms with van der Waals surface area (Å²) >= 11 is 6.89. The van der Waals surface area contributed by atoms with Crippen molar-refractivity contribution in [2.75, 3.05) is 6.61 Å². The summed E-state index contributed by atoms with van der Waals surface area (Å²) in [4.78, 5) is 28.1. The molecule has 6 heteroatoms. The maximum atomic E-state index is 12.3. The molecule has 0 saturated carbocycles.